The number of phenolic OH excluding ortho intramolecular Hbond substituents is 1. The number of hydrogen-bond donors (Lipinski definition) is 4. The van der Waals surface area contributed by atoms with Crippen LogP contribution in [0.5, 0.6) is 11.5 Å². The van der Waals surface area contributed by atoms with Gasteiger partial charge < -0.3 is 30.1 Å². The summed E-state index contributed by atoms with van der Waals surface area (Å²) in [7, 11) is -2.55. The molecule has 3 aromatic rings. The second-order valence-electron chi connectivity index (χ2n) is 7.99. The number of phenols is 1. The van der Waals surface area contributed by atoms with Gasteiger partial charge in [0.25, 0.3) is 0 Å². The molecule has 5 N–H and O–H groups in total. The van der Waals surface area contributed by atoms with Crippen molar-refractivity contribution >= 4 is 13.3 Å². The second-order valence-corrected chi connectivity index (χ2v) is 9.64. The Kier molecular flexibility index (Phi) is 6.26. The van der Waals surface area contributed by atoms with Gasteiger partial charge in [0, 0.05) is 30.3 Å². The van der Waals surface area contributed by atoms with Gasteiger partial charge in [-0.3, -0.25) is 4.57 Å². The standard InChI is InChI=1S/C24H26NO6P/c1-30-7-8-31-18-5-6-19-20(13-18)21(24-22(19)11-17(25)12-23(24)26)10-15-3-2-4-16(9-15)14-32(27,28)29/h2-6,9,11-13,21,26H,7-8,10,14,25H2,1H3,(H2,27,28,29). The van der Waals surface area contributed by atoms with Gasteiger partial charge in [-0.25, -0.2) is 0 Å². The van der Waals surface area contributed by atoms with Crippen LogP contribution in [-0.4, -0.2) is 35.2 Å². The zero-order chi connectivity index (χ0) is 22.9. The Hall–Kier alpha value is -2.83. The number of nitrogens with two attached hydrogens (primary N) is 1. The van der Waals surface area contributed by atoms with Crippen molar-refractivity contribution in [2.24, 2.45) is 0 Å². The Balaban J connectivity index is 1.73. The third kappa shape index (κ3) is 4.81. The van der Waals surface area contributed by atoms with Crippen molar-refractivity contribution in [1.82, 2.24) is 0 Å². The number of aromatic hydroxyl groups is 1. The summed E-state index contributed by atoms with van der Waals surface area (Å²) in [6.07, 6.45) is 0.242. The van der Waals surface area contributed by atoms with E-state index in [4.69, 9.17) is 15.2 Å². The fraction of sp³-hybridized carbons (Fsp3) is 0.250. The number of rotatable bonds is 8. The van der Waals surface area contributed by atoms with Gasteiger partial charge in [-0.15, -0.1) is 0 Å². The summed E-state index contributed by atoms with van der Waals surface area (Å²) >= 11 is 0. The molecule has 1 atom stereocenters. The second kappa shape index (κ2) is 8.96. The number of methoxy groups -OCH3 is 1. The minimum atomic E-state index is -4.16. The van der Waals surface area contributed by atoms with Crippen molar-refractivity contribution in [3.05, 3.63) is 76.9 Å². The van der Waals surface area contributed by atoms with Crippen LogP contribution in [-0.2, 0) is 21.9 Å². The highest BCUT2D eigenvalue weighted by Crippen LogP contribution is 2.51. The van der Waals surface area contributed by atoms with Gasteiger partial charge in [-0.05, 0) is 52.4 Å². The molecule has 0 saturated heterocycles. The van der Waals surface area contributed by atoms with Crippen molar-refractivity contribution in [3.63, 3.8) is 0 Å². The summed E-state index contributed by atoms with van der Waals surface area (Å²) < 4.78 is 22.3. The molecule has 1 aliphatic carbocycles. The molecule has 0 fully saturated rings. The lowest BCUT2D eigenvalue weighted by molar-refractivity contribution is 0.146. The van der Waals surface area contributed by atoms with Gasteiger partial charge in [0.05, 0.1) is 12.8 Å². The van der Waals surface area contributed by atoms with E-state index in [1.165, 1.54) is 0 Å². The normalized spacial score (nSPS) is 14.8. The third-order valence-corrected chi connectivity index (χ3v) is 6.37. The van der Waals surface area contributed by atoms with Crippen molar-refractivity contribution in [1.29, 1.82) is 0 Å². The molecule has 0 aliphatic heterocycles. The fourth-order valence-corrected chi connectivity index (χ4v) is 5.02. The highest BCUT2D eigenvalue weighted by molar-refractivity contribution is 7.50. The van der Waals surface area contributed by atoms with Crippen molar-refractivity contribution in [2.45, 2.75) is 18.5 Å². The van der Waals surface area contributed by atoms with Crippen LogP contribution in [0.4, 0.5) is 5.69 Å². The van der Waals surface area contributed by atoms with E-state index in [0.717, 1.165) is 27.8 Å². The van der Waals surface area contributed by atoms with E-state index in [1.807, 2.05) is 36.4 Å². The van der Waals surface area contributed by atoms with E-state index in [9.17, 15) is 19.5 Å². The van der Waals surface area contributed by atoms with Gasteiger partial charge in [-0.1, -0.05) is 30.3 Å². The lowest BCUT2D eigenvalue weighted by Gasteiger charge is -2.17. The topological polar surface area (TPSA) is 122 Å². The van der Waals surface area contributed by atoms with Crippen molar-refractivity contribution in [3.8, 4) is 22.6 Å². The summed E-state index contributed by atoms with van der Waals surface area (Å²) in [4.78, 5) is 18.7. The Morgan fingerprint density at radius 1 is 1.00 bits per heavy atom. The maximum absolute atomic E-state index is 11.4. The van der Waals surface area contributed by atoms with E-state index in [0.29, 0.717) is 36.6 Å². The van der Waals surface area contributed by atoms with Gasteiger partial charge in [-0.2, -0.15) is 0 Å². The Morgan fingerprint density at radius 3 is 2.53 bits per heavy atom. The summed E-state index contributed by atoms with van der Waals surface area (Å²) in [5, 5.41) is 10.8. The van der Waals surface area contributed by atoms with Crippen LogP contribution in [0.1, 0.15) is 28.2 Å². The van der Waals surface area contributed by atoms with Crippen molar-refractivity contribution in [2.75, 3.05) is 26.1 Å². The van der Waals surface area contributed by atoms with E-state index in [1.54, 1.807) is 25.3 Å². The highest BCUT2D eigenvalue weighted by atomic mass is 31.2. The lowest BCUT2D eigenvalue weighted by atomic mass is 9.89. The van der Waals surface area contributed by atoms with E-state index >= 15 is 0 Å². The summed E-state index contributed by atoms with van der Waals surface area (Å²) in [5.74, 6) is 0.688. The van der Waals surface area contributed by atoms with Crippen LogP contribution in [0.15, 0.2) is 54.6 Å². The fourth-order valence-electron chi connectivity index (χ4n) is 4.35. The number of fused-ring (bicyclic) bond motifs is 3. The first kappa shape index (κ1) is 22.4. The van der Waals surface area contributed by atoms with Gasteiger partial charge in [0.1, 0.15) is 18.1 Å². The quantitative estimate of drug-likeness (QED) is 0.230. The van der Waals surface area contributed by atoms with E-state index < -0.39 is 7.60 Å². The zero-order valence-corrected chi connectivity index (χ0v) is 18.6. The van der Waals surface area contributed by atoms with Gasteiger partial charge in [0.15, 0.2) is 0 Å². The molecule has 0 radical (unpaired) electrons. The minimum Gasteiger partial charge on any atom is -0.508 e. The predicted octanol–water partition coefficient (Wildman–Crippen LogP) is 4.03. The number of benzene rings is 3. The molecule has 0 aromatic heterocycles. The van der Waals surface area contributed by atoms with Crippen molar-refractivity contribution < 1.29 is 28.9 Å². The molecule has 4 rings (SSSR count). The van der Waals surface area contributed by atoms with Crippen LogP contribution >= 0.6 is 7.60 Å². The van der Waals surface area contributed by atoms with Crippen LogP contribution in [0.2, 0.25) is 0 Å². The first-order chi connectivity index (χ1) is 15.2. The molecular weight excluding hydrogens is 429 g/mol. The predicted molar refractivity (Wildman–Crippen MR) is 123 cm³/mol. The van der Waals surface area contributed by atoms with Crippen LogP contribution in [0, 0.1) is 0 Å². The molecule has 8 heteroatoms. The van der Waals surface area contributed by atoms with Gasteiger partial charge in [0.2, 0.25) is 0 Å². The molecule has 0 saturated carbocycles. The number of nitrogen functional groups attached to an aromatic ring is 1. The van der Waals surface area contributed by atoms with Crippen LogP contribution < -0.4 is 10.5 Å². The molecule has 7 nitrogen and oxygen atoms in total. The molecule has 0 heterocycles. The SMILES string of the molecule is COCCOc1ccc2c(c1)C(Cc1cccc(CP(=O)(O)O)c1)c1c(O)cc(N)cc1-2. The number of anilines is 1. The summed E-state index contributed by atoms with van der Waals surface area (Å²) in [6, 6.07) is 16.5. The monoisotopic (exact) mass is 455 g/mol. The highest BCUT2D eigenvalue weighted by Gasteiger charge is 2.32. The minimum absolute atomic E-state index is 0.134. The summed E-state index contributed by atoms with van der Waals surface area (Å²) in [6.45, 7) is 0.903. The zero-order valence-electron chi connectivity index (χ0n) is 17.7. The maximum atomic E-state index is 11.4. The average Bonchev–Trinajstić information content (AvgIpc) is 3.00. The molecule has 0 spiro atoms. The van der Waals surface area contributed by atoms with Gasteiger partial charge >= 0.3 is 7.60 Å². The number of ether oxygens (including phenoxy) is 2. The van der Waals surface area contributed by atoms with E-state index in [2.05, 4.69) is 0 Å². The Morgan fingerprint density at radius 2 is 1.78 bits per heavy atom. The molecule has 32 heavy (non-hydrogen) atoms. The summed E-state index contributed by atoms with van der Waals surface area (Å²) in [5.41, 5.74) is 11.7. The number of hydrogen-bond acceptors (Lipinski definition) is 5. The molecular formula is C24H26NO6P. The van der Waals surface area contributed by atoms with Crippen LogP contribution in [0.3, 0.4) is 0 Å². The largest absolute Gasteiger partial charge is 0.508 e. The molecule has 3 aromatic carbocycles. The molecule has 0 bridgehead atoms. The molecule has 0 amide bonds. The first-order valence-corrected chi connectivity index (χ1v) is 12.1. The molecule has 1 unspecified atom stereocenters. The molecule has 1 aliphatic rings. The smallest absolute Gasteiger partial charge is 0.329 e. The lowest BCUT2D eigenvalue weighted by Crippen LogP contribution is -2.06. The average molecular weight is 455 g/mol. The van der Waals surface area contributed by atoms with Crippen LogP contribution in [0.25, 0.3) is 11.1 Å². The first-order valence-electron chi connectivity index (χ1n) is 10.3. The van der Waals surface area contributed by atoms with E-state index in [-0.39, 0.29) is 17.8 Å². The Bertz CT molecular complexity index is 1190. The Labute approximate surface area is 186 Å². The third-order valence-electron chi connectivity index (χ3n) is 5.59. The molecule has 168 valence electrons. The maximum Gasteiger partial charge on any atom is 0.329 e.